The Bertz CT molecular complexity index is 822. The van der Waals surface area contributed by atoms with Crippen LogP contribution in [0.5, 0.6) is 5.75 Å². The molecule has 5 nitrogen and oxygen atoms in total. The lowest BCUT2D eigenvalue weighted by molar-refractivity contribution is -0.117. The minimum atomic E-state index is -0.284. The van der Waals surface area contributed by atoms with E-state index in [4.69, 9.17) is 4.74 Å². The van der Waals surface area contributed by atoms with Crippen molar-refractivity contribution in [3.05, 3.63) is 53.8 Å². The molecule has 0 saturated heterocycles. The molecule has 3 rings (SSSR count). The van der Waals surface area contributed by atoms with Crippen molar-refractivity contribution >= 4 is 23.2 Å². The average Bonchev–Trinajstić information content (AvgIpc) is 3.35. The van der Waals surface area contributed by atoms with Crippen LogP contribution in [0.25, 0.3) is 0 Å². The maximum absolute atomic E-state index is 13.8. The van der Waals surface area contributed by atoms with Crippen LogP contribution in [-0.2, 0) is 9.59 Å². The Hall–Kier alpha value is -2.89. The van der Waals surface area contributed by atoms with Gasteiger partial charge in [-0.25, -0.2) is 4.39 Å². The van der Waals surface area contributed by atoms with Gasteiger partial charge in [-0.05, 0) is 42.2 Å². The van der Waals surface area contributed by atoms with E-state index in [1.807, 2.05) is 0 Å². The van der Waals surface area contributed by atoms with E-state index in [0.717, 1.165) is 0 Å². The summed E-state index contributed by atoms with van der Waals surface area (Å²) in [6.45, 7) is 1.41. The fraction of sp³-hybridized carbons (Fsp3) is 0.263. The summed E-state index contributed by atoms with van der Waals surface area (Å²) in [5, 5.41) is 5.48. The van der Waals surface area contributed by atoms with Crippen LogP contribution in [0.3, 0.4) is 0 Å². The fourth-order valence-electron chi connectivity index (χ4n) is 2.92. The molecule has 6 heteroatoms. The average molecular weight is 342 g/mol. The van der Waals surface area contributed by atoms with Gasteiger partial charge in [0.05, 0.1) is 12.8 Å². The summed E-state index contributed by atoms with van der Waals surface area (Å²) >= 11 is 0. The Kier molecular flexibility index (Phi) is 4.70. The number of rotatable bonds is 5. The van der Waals surface area contributed by atoms with Gasteiger partial charge in [-0.2, -0.15) is 0 Å². The molecule has 0 bridgehead atoms. The number of halogens is 1. The Labute approximate surface area is 145 Å². The van der Waals surface area contributed by atoms with E-state index in [2.05, 4.69) is 10.6 Å². The summed E-state index contributed by atoms with van der Waals surface area (Å²) in [5.41, 5.74) is 1.60. The molecule has 0 aromatic heterocycles. The number of nitrogens with one attached hydrogen (secondary N) is 2. The van der Waals surface area contributed by atoms with Gasteiger partial charge < -0.3 is 15.4 Å². The van der Waals surface area contributed by atoms with Crippen LogP contribution in [0.2, 0.25) is 0 Å². The molecule has 130 valence electrons. The van der Waals surface area contributed by atoms with Crippen LogP contribution in [0.4, 0.5) is 15.8 Å². The number of ether oxygens (including phenoxy) is 1. The summed E-state index contributed by atoms with van der Waals surface area (Å²) in [4.78, 5) is 23.7. The van der Waals surface area contributed by atoms with Crippen molar-refractivity contribution in [3.8, 4) is 5.75 Å². The highest BCUT2D eigenvalue weighted by Gasteiger charge is 2.45. The van der Waals surface area contributed by atoms with Crippen molar-refractivity contribution < 1.29 is 18.7 Å². The van der Waals surface area contributed by atoms with Gasteiger partial charge in [-0.15, -0.1) is 0 Å². The molecule has 2 atom stereocenters. The van der Waals surface area contributed by atoms with Gasteiger partial charge in [0, 0.05) is 18.5 Å². The molecule has 1 aliphatic carbocycles. The quantitative estimate of drug-likeness (QED) is 0.873. The molecule has 1 fully saturated rings. The second-order valence-corrected chi connectivity index (χ2v) is 6.06. The number of benzene rings is 2. The zero-order valence-corrected chi connectivity index (χ0v) is 14.0. The molecule has 0 heterocycles. The van der Waals surface area contributed by atoms with Crippen LogP contribution in [0.1, 0.15) is 24.8 Å². The topological polar surface area (TPSA) is 67.4 Å². The summed E-state index contributed by atoms with van der Waals surface area (Å²) in [6.07, 6.45) is 0.612. The van der Waals surface area contributed by atoms with E-state index in [9.17, 15) is 14.0 Å². The van der Waals surface area contributed by atoms with Crippen molar-refractivity contribution in [2.24, 2.45) is 5.92 Å². The van der Waals surface area contributed by atoms with Crippen molar-refractivity contribution in [2.45, 2.75) is 19.3 Å². The van der Waals surface area contributed by atoms with Crippen molar-refractivity contribution in [1.29, 1.82) is 0 Å². The zero-order valence-electron chi connectivity index (χ0n) is 14.0. The minimum absolute atomic E-state index is 0.106. The maximum atomic E-state index is 13.8. The number of hydrogen-bond donors (Lipinski definition) is 2. The molecule has 0 spiro atoms. The summed E-state index contributed by atoms with van der Waals surface area (Å²) in [7, 11) is 1.50. The molecule has 2 aromatic rings. The molecule has 0 radical (unpaired) electrons. The SMILES string of the molecule is COc1ccc(NC(C)=O)cc1NC(=O)C1CC1c1ccccc1F. The Morgan fingerprint density at radius 1 is 1.16 bits per heavy atom. The summed E-state index contributed by atoms with van der Waals surface area (Å²) < 4.78 is 19.1. The van der Waals surface area contributed by atoms with Crippen molar-refractivity contribution in [1.82, 2.24) is 0 Å². The van der Waals surface area contributed by atoms with E-state index in [0.29, 0.717) is 29.1 Å². The normalized spacial score (nSPS) is 18.4. The van der Waals surface area contributed by atoms with Gasteiger partial charge >= 0.3 is 0 Å². The first-order valence-corrected chi connectivity index (χ1v) is 8.00. The highest BCUT2D eigenvalue weighted by molar-refractivity contribution is 5.98. The molecular formula is C19H19FN2O3. The van der Waals surface area contributed by atoms with Crippen LogP contribution < -0.4 is 15.4 Å². The highest BCUT2D eigenvalue weighted by Crippen LogP contribution is 2.49. The minimum Gasteiger partial charge on any atom is -0.495 e. The smallest absolute Gasteiger partial charge is 0.228 e. The zero-order chi connectivity index (χ0) is 18.0. The molecule has 1 saturated carbocycles. The van der Waals surface area contributed by atoms with E-state index in [-0.39, 0.29) is 29.5 Å². The monoisotopic (exact) mass is 342 g/mol. The number of hydrogen-bond acceptors (Lipinski definition) is 3. The third kappa shape index (κ3) is 3.79. The maximum Gasteiger partial charge on any atom is 0.228 e. The van der Waals surface area contributed by atoms with Gasteiger partial charge in [0.1, 0.15) is 11.6 Å². The summed E-state index contributed by atoms with van der Waals surface area (Å²) in [6, 6.07) is 11.5. The number of carbonyl (C=O) groups excluding carboxylic acids is 2. The van der Waals surface area contributed by atoms with Crippen LogP contribution >= 0.6 is 0 Å². The largest absolute Gasteiger partial charge is 0.495 e. The fourth-order valence-corrected chi connectivity index (χ4v) is 2.92. The Morgan fingerprint density at radius 2 is 1.92 bits per heavy atom. The van der Waals surface area contributed by atoms with Crippen LogP contribution in [0.15, 0.2) is 42.5 Å². The molecule has 2 amide bonds. The van der Waals surface area contributed by atoms with Gasteiger partial charge in [0.15, 0.2) is 0 Å². The Balaban J connectivity index is 1.73. The number of carbonyl (C=O) groups is 2. The van der Waals surface area contributed by atoms with Gasteiger partial charge in [0.25, 0.3) is 0 Å². The first kappa shape index (κ1) is 17.0. The third-order valence-corrected chi connectivity index (χ3v) is 4.21. The van der Waals surface area contributed by atoms with E-state index < -0.39 is 0 Å². The molecule has 2 aromatic carbocycles. The van der Waals surface area contributed by atoms with Crippen LogP contribution in [0, 0.1) is 11.7 Å². The predicted octanol–water partition coefficient (Wildman–Crippen LogP) is 3.53. The molecule has 0 aliphatic heterocycles. The molecule has 2 unspecified atom stereocenters. The first-order chi connectivity index (χ1) is 12.0. The lowest BCUT2D eigenvalue weighted by atomic mass is 10.1. The predicted molar refractivity (Wildman–Crippen MR) is 93.2 cm³/mol. The van der Waals surface area contributed by atoms with Gasteiger partial charge in [-0.3, -0.25) is 9.59 Å². The molecule has 25 heavy (non-hydrogen) atoms. The molecule has 2 N–H and O–H groups in total. The lowest BCUT2D eigenvalue weighted by Gasteiger charge is -2.12. The lowest BCUT2D eigenvalue weighted by Crippen LogP contribution is -2.16. The third-order valence-electron chi connectivity index (χ3n) is 4.21. The highest BCUT2D eigenvalue weighted by atomic mass is 19.1. The molecular weight excluding hydrogens is 323 g/mol. The first-order valence-electron chi connectivity index (χ1n) is 8.00. The number of anilines is 2. The van der Waals surface area contributed by atoms with E-state index in [1.54, 1.807) is 36.4 Å². The summed E-state index contributed by atoms with van der Waals surface area (Å²) in [5.74, 6) is -0.564. The van der Waals surface area contributed by atoms with Crippen molar-refractivity contribution in [3.63, 3.8) is 0 Å². The Morgan fingerprint density at radius 3 is 2.60 bits per heavy atom. The van der Waals surface area contributed by atoms with Crippen LogP contribution in [-0.4, -0.2) is 18.9 Å². The standard InChI is InChI=1S/C19H19FN2O3/c1-11(23)21-12-7-8-18(25-2)17(9-12)22-19(24)15-10-14(15)13-5-3-4-6-16(13)20/h3-9,14-15H,10H2,1-2H3,(H,21,23)(H,22,24). The van der Waals surface area contributed by atoms with Crippen molar-refractivity contribution in [2.75, 3.05) is 17.7 Å². The van der Waals surface area contributed by atoms with E-state index in [1.165, 1.54) is 20.1 Å². The van der Waals surface area contributed by atoms with Gasteiger partial charge in [-0.1, -0.05) is 18.2 Å². The second-order valence-electron chi connectivity index (χ2n) is 6.06. The van der Waals surface area contributed by atoms with E-state index >= 15 is 0 Å². The second kappa shape index (κ2) is 6.93. The molecule has 1 aliphatic rings. The van der Waals surface area contributed by atoms with Gasteiger partial charge in [0.2, 0.25) is 11.8 Å². The number of methoxy groups -OCH3 is 1. The number of amides is 2.